The number of carbonyl (C=O) groups excluding carboxylic acids is 3. The van der Waals surface area contributed by atoms with Gasteiger partial charge in [-0.05, 0) is 88.0 Å². The lowest BCUT2D eigenvalue weighted by Crippen LogP contribution is -2.38. The van der Waals surface area contributed by atoms with E-state index in [0.29, 0.717) is 23.3 Å². The van der Waals surface area contributed by atoms with Crippen molar-refractivity contribution in [2.45, 2.75) is 138 Å². The van der Waals surface area contributed by atoms with Crippen molar-refractivity contribution in [3.05, 3.63) is 29.7 Å². The maximum atomic E-state index is 13.0. The van der Waals surface area contributed by atoms with Crippen molar-refractivity contribution in [1.82, 2.24) is 24.0 Å². The monoisotopic (exact) mass is 716 g/mol. The first-order valence-corrected chi connectivity index (χ1v) is 16.2. The highest BCUT2D eigenvalue weighted by Crippen LogP contribution is 2.41. The van der Waals surface area contributed by atoms with E-state index in [0.717, 1.165) is 31.5 Å². The summed E-state index contributed by atoms with van der Waals surface area (Å²) in [7, 11) is 1.52. The van der Waals surface area contributed by atoms with Crippen LogP contribution in [0.3, 0.4) is 0 Å². The predicted octanol–water partition coefficient (Wildman–Crippen LogP) is 7.99. The molecule has 2 aliphatic rings. The first-order valence-electron chi connectivity index (χ1n) is 16.2. The van der Waals surface area contributed by atoms with E-state index in [1.54, 1.807) is 53.9 Å². The van der Waals surface area contributed by atoms with Crippen LogP contribution in [0.4, 0.5) is 23.2 Å². The first kappa shape index (κ1) is 46.2. The number of imidazole rings is 2. The number of hydrogen-bond acceptors (Lipinski definition) is 10. The fourth-order valence-corrected chi connectivity index (χ4v) is 4.14. The quantitative estimate of drug-likeness (QED) is 0.266. The molecule has 2 saturated carbocycles. The molecule has 2 fully saturated rings. The van der Waals surface area contributed by atoms with E-state index in [9.17, 15) is 23.2 Å². The Bertz CT molecular complexity index is 1350. The minimum atomic E-state index is -0.713. The van der Waals surface area contributed by atoms with Crippen molar-refractivity contribution in [2.24, 2.45) is 5.73 Å². The van der Waals surface area contributed by atoms with Crippen LogP contribution in [0.25, 0.3) is 0 Å². The molecule has 1 amide bonds. The van der Waals surface area contributed by atoms with Gasteiger partial charge in [0.15, 0.2) is 0 Å². The normalized spacial score (nSPS) is 13.9. The zero-order valence-electron chi connectivity index (χ0n) is 30.1. The molecule has 288 valence electrons. The Labute approximate surface area is 297 Å². The number of alkyl halides is 2. The van der Waals surface area contributed by atoms with Crippen LogP contribution in [0.1, 0.15) is 132 Å². The van der Waals surface area contributed by atoms with Gasteiger partial charge in [-0.1, -0.05) is 14.9 Å². The molecular weight excluding hydrogens is 654 g/mol. The lowest BCUT2D eigenvalue weighted by molar-refractivity contribution is 0.0211. The molecule has 2 aromatic heterocycles. The lowest BCUT2D eigenvalue weighted by atomic mass is 10.2. The van der Waals surface area contributed by atoms with Crippen molar-refractivity contribution in [2.75, 3.05) is 33.5 Å². The molecule has 0 radical (unpaired) electrons. The van der Waals surface area contributed by atoms with Gasteiger partial charge in [-0.2, -0.15) is 0 Å². The number of hydrogen-bond donors (Lipinski definition) is 1. The van der Waals surface area contributed by atoms with Crippen LogP contribution in [0, 0.1) is 0 Å². The first-order chi connectivity index (χ1) is 22.2. The van der Waals surface area contributed by atoms with Crippen LogP contribution in [-0.2, 0) is 20.8 Å². The number of ether oxygens (including phenoxy) is 4. The molecule has 0 aliphatic heterocycles. The fourth-order valence-electron chi connectivity index (χ4n) is 4.14. The van der Waals surface area contributed by atoms with Gasteiger partial charge in [0.2, 0.25) is 5.88 Å². The van der Waals surface area contributed by atoms with E-state index in [4.69, 9.17) is 18.9 Å². The molecule has 2 N–H and O–H groups in total. The summed E-state index contributed by atoms with van der Waals surface area (Å²) >= 11 is 0. The number of carbonyl (C=O) groups is 3. The van der Waals surface area contributed by atoms with E-state index in [-0.39, 0.29) is 40.4 Å². The molecule has 0 saturated heterocycles. The van der Waals surface area contributed by atoms with Gasteiger partial charge in [0.25, 0.3) is 0 Å². The summed E-state index contributed by atoms with van der Waals surface area (Å²) in [6.07, 6.45) is 5.58. The molecule has 2 aliphatic carbocycles. The van der Waals surface area contributed by atoms with Crippen molar-refractivity contribution < 1.29 is 42.1 Å². The zero-order chi connectivity index (χ0) is 36.4. The Morgan fingerprint density at radius 2 is 1.20 bits per heavy atom. The second-order valence-corrected chi connectivity index (χ2v) is 14.5. The van der Waals surface area contributed by atoms with Gasteiger partial charge in [-0.25, -0.2) is 42.3 Å². The van der Waals surface area contributed by atoms with Crippen LogP contribution in [-0.4, -0.2) is 92.6 Å². The summed E-state index contributed by atoms with van der Waals surface area (Å²) in [6.45, 7) is 15.0. The second-order valence-electron chi connectivity index (χ2n) is 14.5. The molecule has 13 nitrogen and oxygen atoms in total. The predicted molar refractivity (Wildman–Crippen MR) is 189 cm³/mol. The molecular formula is C35H62F2N6O7. The topological polar surface area (TPSA) is 153 Å². The number of nitrogens with two attached hydrogens (primary N) is 1. The molecule has 0 bridgehead atoms. The number of rotatable bonds is 8. The van der Waals surface area contributed by atoms with Gasteiger partial charge >= 0.3 is 18.3 Å². The van der Waals surface area contributed by atoms with E-state index in [1.807, 2.05) is 20.8 Å². The summed E-state index contributed by atoms with van der Waals surface area (Å²) in [4.78, 5) is 47.0. The zero-order valence-corrected chi connectivity index (χ0v) is 30.1. The average molecular weight is 717 g/mol. The van der Waals surface area contributed by atoms with Crippen LogP contribution >= 0.6 is 0 Å². The molecule has 15 heteroatoms. The largest absolute Gasteiger partial charge is 0.481 e. The van der Waals surface area contributed by atoms with Crippen molar-refractivity contribution in [3.8, 4) is 5.88 Å². The van der Waals surface area contributed by atoms with Gasteiger partial charge in [0.05, 0.1) is 38.3 Å². The number of halogens is 2. The molecule has 2 heterocycles. The summed E-state index contributed by atoms with van der Waals surface area (Å²) < 4.78 is 47.8. The maximum absolute atomic E-state index is 13.0. The lowest BCUT2D eigenvalue weighted by Gasteiger charge is -2.27. The summed E-state index contributed by atoms with van der Waals surface area (Å²) in [5, 5.41) is 0. The molecule has 0 atom stereocenters. The van der Waals surface area contributed by atoms with Crippen molar-refractivity contribution in [1.29, 1.82) is 0 Å². The third-order valence-electron chi connectivity index (χ3n) is 6.33. The van der Waals surface area contributed by atoms with E-state index in [2.05, 4.69) is 15.7 Å². The van der Waals surface area contributed by atoms with Crippen LogP contribution in [0.5, 0.6) is 5.88 Å². The SMILES string of the molecule is C.C.CC(C)(C)OC(=O)N(CCF)Cc1cnc(C2CC2)n1C(=O)OC(C)(C)C.COc1cnc(C2CC2)n1C(=O)OC(C)(C)C.NCCF. The number of methoxy groups -OCH3 is 1. The van der Waals surface area contributed by atoms with Gasteiger partial charge in [-0.3, -0.25) is 4.90 Å². The molecule has 0 spiro atoms. The van der Waals surface area contributed by atoms with E-state index in [1.165, 1.54) is 21.1 Å². The van der Waals surface area contributed by atoms with Gasteiger partial charge in [-0.15, -0.1) is 0 Å². The van der Waals surface area contributed by atoms with Crippen molar-refractivity contribution >= 4 is 18.3 Å². The standard InChI is InChI=1S/C19H30FN3O4.C12H18N2O3.C2H6FN.2CH4/c1-18(2,3)26-16(24)22(10-9-20)12-14-11-21-15(13-7-8-13)23(14)17(25)27-19(4,5)6;1-12(2,3)17-11(15)14-9(16-4)7-13-10(14)8-5-6-8;3-1-2-4;;/h11,13H,7-10,12H2,1-6H3;7-8H,5-6H2,1-4H3;1-2,4H2;2*1H4. The molecule has 4 rings (SSSR count). The Morgan fingerprint density at radius 3 is 1.58 bits per heavy atom. The highest BCUT2D eigenvalue weighted by atomic mass is 19.1. The third-order valence-corrected chi connectivity index (χ3v) is 6.33. The number of aromatic nitrogens is 4. The maximum Gasteiger partial charge on any atom is 0.422 e. The summed E-state index contributed by atoms with van der Waals surface area (Å²) in [5.41, 5.74) is 3.25. The van der Waals surface area contributed by atoms with Gasteiger partial charge in [0, 0.05) is 18.4 Å². The fraction of sp³-hybridized carbons (Fsp3) is 0.743. The van der Waals surface area contributed by atoms with Crippen molar-refractivity contribution in [3.63, 3.8) is 0 Å². The van der Waals surface area contributed by atoms with Gasteiger partial charge in [0.1, 0.15) is 41.8 Å². The van der Waals surface area contributed by atoms with Crippen LogP contribution in [0.15, 0.2) is 12.4 Å². The Kier molecular flexibility index (Phi) is 18.1. The molecule has 0 unspecified atom stereocenters. The highest BCUT2D eigenvalue weighted by Gasteiger charge is 2.35. The third kappa shape index (κ3) is 15.4. The minimum Gasteiger partial charge on any atom is -0.481 e. The number of nitrogens with zero attached hydrogens (tertiary/aromatic N) is 5. The highest BCUT2D eigenvalue weighted by molar-refractivity contribution is 5.74. The second kappa shape index (κ2) is 19.6. The summed E-state index contributed by atoms with van der Waals surface area (Å²) in [6, 6.07) is 0. The van der Waals surface area contributed by atoms with E-state index < -0.39 is 48.4 Å². The smallest absolute Gasteiger partial charge is 0.422 e. The van der Waals surface area contributed by atoms with Gasteiger partial charge < -0.3 is 24.7 Å². The van der Waals surface area contributed by atoms with Crippen LogP contribution < -0.4 is 10.5 Å². The average Bonchev–Trinajstić information content (AvgIpc) is 3.89. The Morgan fingerprint density at radius 1 is 0.780 bits per heavy atom. The summed E-state index contributed by atoms with van der Waals surface area (Å²) in [5.74, 6) is 2.38. The molecule has 0 aromatic carbocycles. The molecule has 2 aromatic rings. The van der Waals surface area contributed by atoms with E-state index >= 15 is 0 Å². The molecule has 50 heavy (non-hydrogen) atoms. The Balaban J connectivity index is 0.000000896. The minimum absolute atomic E-state index is 0. The number of amides is 1. The van der Waals surface area contributed by atoms with Crippen LogP contribution in [0.2, 0.25) is 0 Å². The Hall–Kier alpha value is -3.75.